The van der Waals surface area contributed by atoms with Gasteiger partial charge in [0, 0.05) is 19.1 Å². The Balaban J connectivity index is 2.13. The van der Waals surface area contributed by atoms with Crippen molar-refractivity contribution >= 4 is 6.09 Å². The number of aryl methyl sites for hydroxylation is 2. The molecule has 124 valence electrons. The van der Waals surface area contributed by atoms with Crippen LogP contribution in [0.1, 0.15) is 45.2 Å². The van der Waals surface area contributed by atoms with Crippen molar-refractivity contribution in [3.8, 4) is 0 Å². The van der Waals surface area contributed by atoms with Crippen molar-refractivity contribution in [3.63, 3.8) is 0 Å². The number of hydrogen-bond acceptors (Lipinski definition) is 3. The van der Waals surface area contributed by atoms with Gasteiger partial charge in [-0.3, -0.25) is 0 Å². The summed E-state index contributed by atoms with van der Waals surface area (Å²) in [5.74, 6) is 0. The van der Waals surface area contributed by atoms with Crippen LogP contribution in [0.15, 0.2) is 24.3 Å². The van der Waals surface area contributed by atoms with Crippen LogP contribution in [-0.2, 0) is 11.2 Å². The number of hydrogen-bond donors (Lipinski definition) is 2. The molecule has 0 spiro atoms. The van der Waals surface area contributed by atoms with Gasteiger partial charge < -0.3 is 15.4 Å². The van der Waals surface area contributed by atoms with Crippen molar-refractivity contribution in [1.82, 2.24) is 10.6 Å². The predicted octanol–water partition coefficient (Wildman–Crippen LogP) is 3.43. The summed E-state index contributed by atoms with van der Waals surface area (Å²) < 4.78 is 5.18. The van der Waals surface area contributed by atoms with Crippen molar-refractivity contribution in [3.05, 3.63) is 35.4 Å². The number of nitrogens with one attached hydrogen (secondary N) is 2. The Morgan fingerprint density at radius 1 is 1.27 bits per heavy atom. The Morgan fingerprint density at radius 2 is 2.00 bits per heavy atom. The lowest BCUT2D eigenvalue weighted by atomic mass is 10.0. The number of alkyl carbamates (subject to hydrolysis) is 1. The fourth-order valence-corrected chi connectivity index (χ4v) is 2.15. The third-order valence-corrected chi connectivity index (χ3v) is 3.23. The number of benzene rings is 1. The largest absolute Gasteiger partial charge is 0.444 e. The van der Waals surface area contributed by atoms with Gasteiger partial charge in [0.2, 0.25) is 0 Å². The minimum absolute atomic E-state index is 0.360. The van der Waals surface area contributed by atoms with E-state index in [2.05, 4.69) is 48.7 Å². The minimum Gasteiger partial charge on any atom is -0.444 e. The molecule has 2 N–H and O–H groups in total. The fourth-order valence-electron chi connectivity index (χ4n) is 2.15. The molecule has 0 heterocycles. The van der Waals surface area contributed by atoms with Crippen LogP contribution in [0.5, 0.6) is 0 Å². The smallest absolute Gasteiger partial charge is 0.407 e. The summed E-state index contributed by atoms with van der Waals surface area (Å²) in [7, 11) is 0. The minimum atomic E-state index is -0.446. The highest BCUT2D eigenvalue weighted by atomic mass is 16.6. The molecule has 0 bridgehead atoms. The quantitative estimate of drug-likeness (QED) is 0.759. The van der Waals surface area contributed by atoms with Crippen LogP contribution in [0.2, 0.25) is 0 Å². The molecule has 1 aromatic carbocycles. The topological polar surface area (TPSA) is 50.4 Å². The van der Waals surface area contributed by atoms with Crippen LogP contribution < -0.4 is 10.6 Å². The van der Waals surface area contributed by atoms with Gasteiger partial charge >= 0.3 is 6.09 Å². The molecule has 0 saturated carbocycles. The van der Waals surface area contributed by atoms with Gasteiger partial charge in [-0.1, -0.05) is 29.8 Å². The first-order chi connectivity index (χ1) is 10.3. The first-order valence-electron chi connectivity index (χ1n) is 8.02. The summed E-state index contributed by atoms with van der Waals surface area (Å²) >= 11 is 0. The Labute approximate surface area is 134 Å². The molecule has 4 heteroatoms. The van der Waals surface area contributed by atoms with Gasteiger partial charge in [0.1, 0.15) is 5.60 Å². The standard InChI is InChI=1S/C18H30N2O2/c1-14-7-6-8-16(13-14)10-9-15(2)19-11-12-20-17(21)22-18(3,4)5/h6-8,13,15,19H,9-12H2,1-5H3,(H,20,21). The predicted molar refractivity (Wildman–Crippen MR) is 91.2 cm³/mol. The second-order valence-electron chi connectivity index (χ2n) is 6.81. The van der Waals surface area contributed by atoms with Gasteiger partial charge in [0.15, 0.2) is 0 Å². The molecule has 1 rings (SSSR count). The molecule has 0 aliphatic rings. The van der Waals surface area contributed by atoms with Gasteiger partial charge in [-0.15, -0.1) is 0 Å². The van der Waals surface area contributed by atoms with Crippen LogP contribution in [0.25, 0.3) is 0 Å². The molecule has 1 unspecified atom stereocenters. The Hall–Kier alpha value is -1.55. The highest BCUT2D eigenvalue weighted by Crippen LogP contribution is 2.08. The average molecular weight is 306 g/mol. The molecule has 4 nitrogen and oxygen atoms in total. The molecular weight excluding hydrogens is 276 g/mol. The van der Waals surface area contributed by atoms with Gasteiger partial charge in [-0.05, 0) is 53.0 Å². The normalized spacial score (nSPS) is 12.8. The second kappa shape index (κ2) is 8.79. The molecule has 1 amide bonds. The third kappa shape index (κ3) is 8.67. The number of carbonyl (C=O) groups is 1. The van der Waals surface area contributed by atoms with Crippen molar-refractivity contribution < 1.29 is 9.53 Å². The van der Waals surface area contributed by atoms with E-state index >= 15 is 0 Å². The first kappa shape index (κ1) is 18.5. The molecule has 0 saturated heterocycles. The van der Waals surface area contributed by atoms with Crippen LogP contribution in [0.4, 0.5) is 4.79 Å². The van der Waals surface area contributed by atoms with E-state index in [1.165, 1.54) is 11.1 Å². The van der Waals surface area contributed by atoms with E-state index in [0.717, 1.165) is 19.4 Å². The van der Waals surface area contributed by atoms with E-state index in [4.69, 9.17) is 4.74 Å². The fraction of sp³-hybridized carbons (Fsp3) is 0.611. The third-order valence-electron chi connectivity index (χ3n) is 3.23. The number of carbonyl (C=O) groups excluding carboxylic acids is 1. The maximum absolute atomic E-state index is 11.5. The van der Waals surface area contributed by atoms with Gasteiger partial charge in [0.05, 0.1) is 0 Å². The molecule has 0 fully saturated rings. The Morgan fingerprint density at radius 3 is 2.64 bits per heavy atom. The molecule has 0 aromatic heterocycles. The van der Waals surface area contributed by atoms with Gasteiger partial charge in [-0.25, -0.2) is 4.79 Å². The molecule has 0 radical (unpaired) electrons. The summed E-state index contributed by atoms with van der Waals surface area (Å²) in [5.41, 5.74) is 2.23. The average Bonchev–Trinajstić information content (AvgIpc) is 2.39. The number of amides is 1. The molecule has 22 heavy (non-hydrogen) atoms. The molecular formula is C18H30N2O2. The van der Waals surface area contributed by atoms with Crippen LogP contribution in [0.3, 0.4) is 0 Å². The maximum atomic E-state index is 11.5. The summed E-state index contributed by atoms with van der Waals surface area (Å²) in [6.07, 6.45) is 1.78. The summed E-state index contributed by atoms with van der Waals surface area (Å²) in [4.78, 5) is 11.5. The molecule has 1 atom stereocenters. The van der Waals surface area contributed by atoms with E-state index in [9.17, 15) is 4.79 Å². The SMILES string of the molecule is Cc1cccc(CCC(C)NCCNC(=O)OC(C)(C)C)c1. The van der Waals surface area contributed by atoms with Crippen molar-refractivity contribution in [2.24, 2.45) is 0 Å². The second-order valence-corrected chi connectivity index (χ2v) is 6.81. The van der Waals surface area contributed by atoms with E-state index < -0.39 is 5.60 Å². The molecule has 0 aliphatic carbocycles. The van der Waals surface area contributed by atoms with Gasteiger partial charge in [-0.2, -0.15) is 0 Å². The summed E-state index contributed by atoms with van der Waals surface area (Å²) in [5, 5.41) is 6.17. The summed E-state index contributed by atoms with van der Waals surface area (Å²) in [6.45, 7) is 11.2. The summed E-state index contributed by atoms with van der Waals surface area (Å²) in [6, 6.07) is 9.04. The van der Waals surface area contributed by atoms with Crippen LogP contribution >= 0.6 is 0 Å². The zero-order valence-corrected chi connectivity index (χ0v) is 14.5. The Bertz CT molecular complexity index is 466. The van der Waals surface area contributed by atoms with E-state index in [1.54, 1.807) is 0 Å². The van der Waals surface area contributed by atoms with Crippen LogP contribution in [-0.4, -0.2) is 30.8 Å². The van der Waals surface area contributed by atoms with Crippen molar-refractivity contribution in [1.29, 1.82) is 0 Å². The van der Waals surface area contributed by atoms with E-state index in [0.29, 0.717) is 12.6 Å². The Kier molecular flexibility index (Phi) is 7.39. The number of ether oxygens (including phenoxy) is 1. The monoisotopic (exact) mass is 306 g/mol. The van der Waals surface area contributed by atoms with Crippen molar-refractivity contribution in [2.45, 2.75) is 59.1 Å². The van der Waals surface area contributed by atoms with Gasteiger partial charge in [0.25, 0.3) is 0 Å². The lowest BCUT2D eigenvalue weighted by Crippen LogP contribution is -2.38. The zero-order valence-electron chi connectivity index (χ0n) is 14.5. The lowest BCUT2D eigenvalue weighted by molar-refractivity contribution is 0.0528. The maximum Gasteiger partial charge on any atom is 0.407 e. The lowest BCUT2D eigenvalue weighted by Gasteiger charge is -2.20. The molecule has 1 aromatic rings. The number of rotatable bonds is 7. The van der Waals surface area contributed by atoms with E-state index in [-0.39, 0.29) is 6.09 Å². The zero-order chi connectivity index (χ0) is 16.6. The van der Waals surface area contributed by atoms with E-state index in [1.807, 2.05) is 20.8 Å². The van der Waals surface area contributed by atoms with Crippen LogP contribution in [0, 0.1) is 6.92 Å². The molecule has 0 aliphatic heterocycles. The highest BCUT2D eigenvalue weighted by Gasteiger charge is 2.15. The van der Waals surface area contributed by atoms with Crippen molar-refractivity contribution in [2.75, 3.05) is 13.1 Å². The highest BCUT2D eigenvalue weighted by molar-refractivity contribution is 5.67. The first-order valence-corrected chi connectivity index (χ1v) is 8.02.